The molecule has 2 N–H and O–H groups in total. The molecule has 292 valence electrons. The third kappa shape index (κ3) is 4.71. The van der Waals surface area contributed by atoms with Gasteiger partial charge in [0.05, 0.1) is 10.8 Å². The molecule has 0 radical (unpaired) electrons. The molecule has 1 heterocycles. The molecule has 0 bridgehead atoms. The highest BCUT2D eigenvalue weighted by atomic mass is 15.3. The number of aliphatic imine (C=N–C) groups is 1. The van der Waals surface area contributed by atoms with Crippen molar-refractivity contribution in [1.82, 2.24) is 10.6 Å². The number of nitrogens with one attached hydrogen (secondary N) is 2. The topological polar surface area (TPSA) is 36.4 Å². The highest BCUT2D eigenvalue weighted by molar-refractivity contribution is 6.00. The van der Waals surface area contributed by atoms with Crippen LogP contribution in [-0.2, 0) is 10.8 Å². The number of rotatable bonds is 4. The monoisotopic (exact) mass is 791 g/mol. The Morgan fingerprint density at radius 3 is 1.31 bits per heavy atom. The second-order valence-electron chi connectivity index (χ2n) is 17.0. The molecule has 1 aliphatic heterocycles. The Morgan fingerprint density at radius 1 is 0.339 bits per heavy atom. The molecule has 62 heavy (non-hydrogen) atoms. The van der Waals surface area contributed by atoms with Crippen LogP contribution in [-0.4, -0.2) is 5.84 Å². The van der Waals surface area contributed by atoms with Gasteiger partial charge in [0.1, 0.15) is 18.2 Å². The van der Waals surface area contributed by atoms with Gasteiger partial charge >= 0.3 is 0 Å². The van der Waals surface area contributed by atoms with Crippen molar-refractivity contribution in [2.24, 2.45) is 4.99 Å². The van der Waals surface area contributed by atoms with Gasteiger partial charge in [-0.2, -0.15) is 0 Å². The molecule has 2 unspecified atom stereocenters. The predicted octanol–water partition coefficient (Wildman–Crippen LogP) is 12.7. The Balaban J connectivity index is 1.09. The normalized spacial score (nSPS) is 17.8. The van der Waals surface area contributed by atoms with Gasteiger partial charge in [0.25, 0.3) is 0 Å². The van der Waals surface area contributed by atoms with E-state index in [0.29, 0.717) is 0 Å². The van der Waals surface area contributed by atoms with Gasteiger partial charge in [0, 0.05) is 5.56 Å². The van der Waals surface area contributed by atoms with E-state index in [1.165, 1.54) is 83.5 Å². The van der Waals surface area contributed by atoms with Gasteiger partial charge < -0.3 is 5.32 Å². The van der Waals surface area contributed by atoms with Crippen LogP contribution in [0.1, 0.15) is 73.5 Å². The average molecular weight is 792 g/mol. The SMILES string of the molecule is c1ccc(C2=NC(c3ccccc3)NC(c3ccccc3-c3ccc4c(c3)C3(c5ccccc5-c5ccccc53)c3ccccc3C43c4ccccc4-c4ccccc43)N2)cc1. The lowest BCUT2D eigenvalue weighted by Gasteiger charge is -2.49. The van der Waals surface area contributed by atoms with E-state index in [-0.39, 0.29) is 12.3 Å². The highest BCUT2D eigenvalue weighted by Crippen LogP contribution is 2.67. The van der Waals surface area contributed by atoms with Gasteiger partial charge in [-0.25, -0.2) is 4.99 Å². The first-order valence-electron chi connectivity index (χ1n) is 21.7. The van der Waals surface area contributed by atoms with Gasteiger partial charge in [-0.15, -0.1) is 0 Å². The fourth-order valence-electron chi connectivity index (χ4n) is 11.7. The first-order chi connectivity index (χ1) is 30.8. The fourth-order valence-corrected chi connectivity index (χ4v) is 11.7. The summed E-state index contributed by atoms with van der Waals surface area (Å²) >= 11 is 0. The van der Waals surface area contributed by atoms with Gasteiger partial charge in [-0.3, -0.25) is 5.32 Å². The molecule has 9 aromatic rings. The number of hydrogen-bond acceptors (Lipinski definition) is 3. The van der Waals surface area contributed by atoms with E-state index in [4.69, 9.17) is 4.99 Å². The van der Waals surface area contributed by atoms with Crippen molar-refractivity contribution in [2.75, 3.05) is 0 Å². The molecule has 3 aliphatic carbocycles. The number of amidine groups is 1. The molecule has 0 saturated carbocycles. The molecule has 13 rings (SSSR count). The van der Waals surface area contributed by atoms with Crippen molar-refractivity contribution in [3.63, 3.8) is 0 Å². The summed E-state index contributed by atoms with van der Waals surface area (Å²) in [7, 11) is 0. The van der Waals surface area contributed by atoms with Crippen molar-refractivity contribution in [1.29, 1.82) is 0 Å². The van der Waals surface area contributed by atoms with Crippen LogP contribution in [0.5, 0.6) is 0 Å². The van der Waals surface area contributed by atoms with Crippen LogP contribution in [0.3, 0.4) is 0 Å². The van der Waals surface area contributed by atoms with Crippen LogP contribution in [0.25, 0.3) is 33.4 Å². The molecular weight excluding hydrogens is 751 g/mol. The van der Waals surface area contributed by atoms with Crippen LogP contribution in [0.4, 0.5) is 0 Å². The molecule has 2 spiro atoms. The molecule has 0 amide bonds. The summed E-state index contributed by atoms with van der Waals surface area (Å²) in [5.41, 5.74) is 20.5. The van der Waals surface area contributed by atoms with E-state index in [9.17, 15) is 0 Å². The Kier molecular flexibility index (Phi) is 7.64. The van der Waals surface area contributed by atoms with Crippen LogP contribution < -0.4 is 10.6 Å². The van der Waals surface area contributed by atoms with Gasteiger partial charge in [-0.1, -0.05) is 218 Å². The predicted molar refractivity (Wildman–Crippen MR) is 251 cm³/mol. The van der Waals surface area contributed by atoms with Crippen molar-refractivity contribution in [2.45, 2.75) is 23.2 Å². The maximum atomic E-state index is 5.24. The largest absolute Gasteiger partial charge is 0.350 e. The maximum absolute atomic E-state index is 5.24. The fraction of sp³-hybridized carbons (Fsp3) is 0.0678. The van der Waals surface area contributed by atoms with E-state index in [1.807, 2.05) is 0 Å². The van der Waals surface area contributed by atoms with Gasteiger partial charge in [0.2, 0.25) is 0 Å². The minimum absolute atomic E-state index is 0.220. The third-order valence-corrected chi connectivity index (χ3v) is 14.1. The molecule has 3 heteroatoms. The van der Waals surface area contributed by atoms with Gasteiger partial charge in [-0.05, 0) is 95.1 Å². The first kappa shape index (κ1) is 35.2. The number of hydrogen-bond donors (Lipinski definition) is 2. The second kappa shape index (κ2) is 13.5. The van der Waals surface area contributed by atoms with Crippen molar-refractivity contribution >= 4 is 5.84 Å². The third-order valence-electron chi connectivity index (χ3n) is 14.1. The highest BCUT2D eigenvalue weighted by Gasteiger charge is 2.59. The van der Waals surface area contributed by atoms with Crippen LogP contribution in [0.15, 0.2) is 229 Å². The number of benzene rings is 9. The Morgan fingerprint density at radius 2 is 0.758 bits per heavy atom. The summed E-state index contributed by atoms with van der Waals surface area (Å²) in [6.45, 7) is 0. The minimum Gasteiger partial charge on any atom is -0.350 e. The Hall–Kier alpha value is -7.59. The molecule has 3 nitrogen and oxygen atoms in total. The van der Waals surface area contributed by atoms with E-state index in [1.54, 1.807) is 0 Å². The van der Waals surface area contributed by atoms with Gasteiger partial charge in [0.15, 0.2) is 0 Å². The van der Waals surface area contributed by atoms with Crippen LogP contribution >= 0.6 is 0 Å². The Labute approximate surface area is 362 Å². The lowest BCUT2D eigenvalue weighted by molar-refractivity contribution is 0.409. The molecule has 0 fully saturated rings. The Bertz CT molecular complexity index is 3180. The van der Waals surface area contributed by atoms with E-state index < -0.39 is 10.8 Å². The van der Waals surface area contributed by atoms with Crippen molar-refractivity contribution in [3.05, 3.63) is 286 Å². The smallest absolute Gasteiger partial charge is 0.131 e. The second-order valence-corrected chi connectivity index (χ2v) is 17.0. The zero-order valence-corrected chi connectivity index (χ0v) is 34.0. The van der Waals surface area contributed by atoms with E-state index >= 15 is 0 Å². The number of nitrogens with zero attached hydrogens (tertiary/aromatic N) is 1. The summed E-state index contributed by atoms with van der Waals surface area (Å²) < 4.78 is 0. The lowest BCUT2D eigenvalue weighted by atomic mass is 9.52. The van der Waals surface area contributed by atoms with Crippen molar-refractivity contribution in [3.8, 4) is 33.4 Å². The minimum atomic E-state index is -0.561. The summed E-state index contributed by atoms with van der Waals surface area (Å²) in [4.78, 5) is 5.24. The summed E-state index contributed by atoms with van der Waals surface area (Å²) in [6, 6.07) is 83.2. The molecule has 4 aliphatic rings. The lowest BCUT2D eigenvalue weighted by Crippen LogP contribution is -2.45. The van der Waals surface area contributed by atoms with Crippen molar-refractivity contribution < 1.29 is 0 Å². The molecule has 0 aromatic heterocycles. The maximum Gasteiger partial charge on any atom is 0.131 e. The zero-order valence-electron chi connectivity index (χ0n) is 34.0. The first-order valence-corrected chi connectivity index (χ1v) is 21.7. The van der Waals surface area contributed by atoms with E-state index in [0.717, 1.165) is 17.0 Å². The molecule has 2 atom stereocenters. The average Bonchev–Trinajstić information content (AvgIpc) is 3.82. The van der Waals surface area contributed by atoms with Crippen LogP contribution in [0.2, 0.25) is 0 Å². The standard InChI is InChI=1S/C59H41N3/c1-3-19-38(20-4-1)55-60-56(39-21-5-2-6-22-39)62-57(61-55)46-28-8-7-23-41(46)40-35-36-53-54(37-40)59(49-31-15-11-26-44(49)45-27-12-16-32-50(45)59)52-34-18-17-33-51(52)58(53)47-29-13-9-24-42(47)43-25-10-14-30-48(43)58/h1-37,55,57,61H,(H,60,62). The van der Waals surface area contributed by atoms with Crippen LogP contribution in [0, 0.1) is 0 Å². The van der Waals surface area contributed by atoms with E-state index in [2.05, 4.69) is 235 Å². The molecular formula is C59H41N3. The quantitative estimate of drug-likeness (QED) is 0.186. The summed E-state index contributed by atoms with van der Waals surface area (Å²) in [6.07, 6.45) is -0.453. The molecule has 9 aromatic carbocycles. The summed E-state index contributed by atoms with van der Waals surface area (Å²) in [5, 5.41) is 7.76. The number of fused-ring (bicyclic) bond motifs is 16. The zero-order chi connectivity index (χ0) is 40.8. The molecule has 0 saturated heterocycles. The summed E-state index contributed by atoms with van der Waals surface area (Å²) in [5.74, 6) is 0.874.